The Kier molecular flexibility index (Phi) is 9.22. The van der Waals surface area contributed by atoms with Crippen molar-refractivity contribution in [3.05, 3.63) is 0 Å². The number of hydrogen-bond acceptors (Lipinski definition) is 6. The van der Waals surface area contributed by atoms with Crippen molar-refractivity contribution in [1.29, 1.82) is 0 Å². The maximum Gasteiger partial charge on any atom is 0.118 e. The van der Waals surface area contributed by atoms with Gasteiger partial charge in [0.1, 0.15) is 17.2 Å². The van der Waals surface area contributed by atoms with Gasteiger partial charge in [0.15, 0.2) is 0 Å². The number of rotatable bonds is 10. The molecule has 6 heteroatoms. The highest BCUT2D eigenvalue weighted by Gasteiger charge is 2.40. The Balaban J connectivity index is 1.63. The van der Waals surface area contributed by atoms with Gasteiger partial charge in [0, 0.05) is 26.2 Å². The summed E-state index contributed by atoms with van der Waals surface area (Å²) in [7, 11) is 2.04. The molecule has 0 aromatic carbocycles. The molecule has 182 valence electrons. The van der Waals surface area contributed by atoms with Crippen molar-refractivity contribution in [2.45, 2.75) is 120 Å². The zero-order valence-corrected chi connectivity index (χ0v) is 20.3. The van der Waals surface area contributed by atoms with Gasteiger partial charge < -0.3 is 15.3 Å². The van der Waals surface area contributed by atoms with E-state index in [4.69, 9.17) is 0 Å². The Morgan fingerprint density at radius 3 is 1.32 bits per heavy atom. The van der Waals surface area contributed by atoms with Crippen molar-refractivity contribution >= 4 is 0 Å². The van der Waals surface area contributed by atoms with Gasteiger partial charge in [0.25, 0.3) is 0 Å². The minimum absolute atomic E-state index is 0.679. The lowest BCUT2D eigenvalue weighted by molar-refractivity contribution is -0.164. The zero-order valence-electron chi connectivity index (χ0n) is 20.3. The van der Waals surface area contributed by atoms with Crippen LogP contribution in [0.15, 0.2) is 0 Å². The van der Waals surface area contributed by atoms with E-state index < -0.39 is 17.2 Å². The topological polar surface area (TPSA) is 70.4 Å². The second-order valence-electron chi connectivity index (χ2n) is 10.6. The van der Waals surface area contributed by atoms with Crippen LogP contribution in [0.25, 0.3) is 0 Å². The maximum absolute atomic E-state index is 11.5. The summed E-state index contributed by atoms with van der Waals surface area (Å²) < 4.78 is 0. The molecule has 0 atom stereocenters. The molecule has 0 aliphatic heterocycles. The Bertz CT molecular complexity index is 526. The predicted molar refractivity (Wildman–Crippen MR) is 126 cm³/mol. The average Bonchev–Trinajstić information content (AvgIpc) is 2.77. The average molecular weight is 440 g/mol. The molecule has 0 aromatic heterocycles. The van der Waals surface area contributed by atoms with E-state index in [1.165, 1.54) is 19.3 Å². The molecule has 3 rings (SSSR count). The molecule has 0 aromatic rings. The lowest BCUT2D eigenvalue weighted by Crippen LogP contribution is -2.58. The lowest BCUT2D eigenvalue weighted by atomic mass is 9.89. The van der Waals surface area contributed by atoms with Crippen LogP contribution in [0.2, 0.25) is 0 Å². The van der Waals surface area contributed by atoms with Gasteiger partial charge in [-0.3, -0.25) is 14.7 Å². The van der Waals surface area contributed by atoms with Crippen molar-refractivity contribution in [3.63, 3.8) is 0 Å². The molecule has 3 N–H and O–H groups in total. The first kappa shape index (κ1) is 25.4. The lowest BCUT2D eigenvalue weighted by Gasteiger charge is -2.47. The Morgan fingerprint density at radius 1 is 0.516 bits per heavy atom. The van der Waals surface area contributed by atoms with Gasteiger partial charge >= 0.3 is 0 Å². The fourth-order valence-electron chi connectivity index (χ4n) is 6.28. The standard InChI is InChI=1S/C25H49N3O3/c1-3-27(24(30)15-9-5-10-16-24)21-22-28(25(31)17-11-6-12-18-25)20-19-26(2)23(29)13-7-4-8-14-23/h29-31H,3-22H2,1-2H3. The smallest absolute Gasteiger partial charge is 0.118 e. The minimum Gasteiger partial charge on any atom is -0.376 e. The summed E-state index contributed by atoms with van der Waals surface area (Å²) in [4.78, 5) is 6.63. The minimum atomic E-state index is -0.747. The molecule has 3 fully saturated rings. The number of hydrogen-bond donors (Lipinski definition) is 3. The van der Waals surface area contributed by atoms with Crippen molar-refractivity contribution in [1.82, 2.24) is 14.7 Å². The van der Waals surface area contributed by atoms with E-state index >= 15 is 0 Å². The maximum atomic E-state index is 11.5. The highest BCUT2D eigenvalue weighted by atomic mass is 16.3. The molecule has 0 amide bonds. The van der Waals surface area contributed by atoms with E-state index in [0.717, 1.165) is 110 Å². The molecular formula is C25H49N3O3. The predicted octanol–water partition coefficient (Wildman–Crippen LogP) is 3.50. The van der Waals surface area contributed by atoms with Crippen LogP contribution in [0.3, 0.4) is 0 Å². The van der Waals surface area contributed by atoms with Crippen LogP contribution in [0.5, 0.6) is 0 Å². The summed E-state index contributed by atoms with van der Waals surface area (Å²) in [6.45, 7) is 6.03. The second kappa shape index (κ2) is 11.3. The van der Waals surface area contributed by atoms with Crippen molar-refractivity contribution in [2.75, 3.05) is 39.8 Å². The van der Waals surface area contributed by atoms with E-state index in [1.54, 1.807) is 0 Å². The third-order valence-electron chi connectivity index (χ3n) is 8.58. The van der Waals surface area contributed by atoms with Crippen LogP contribution in [-0.4, -0.2) is 87.0 Å². The summed E-state index contributed by atoms with van der Waals surface area (Å²) in [5.41, 5.74) is -2.11. The number of aliphatic hydroxyl groups is 3. The van der Waals surface area contributed by atoms with Crippen LogP contribution in [0, 0.1) is 0 Å². The number of nitrogens with zero attached hydrogens (tertiary/aromatic N) is 3. The van der Waals surface area contributed by atoms with Gasteiger partial charge in [-0.2, -0.15) is 0 Å². The van der Waals surface area contributed by atoms with Crippen LogP contribution >= 0.6 is 0 Å². The molecule has 0 saturated heterocycles. The molecule has 6 nitrogen and oxygen atoms in total. The van der Waals surface area contributed by atoms with Crippen LogP contribution < -0.4 is 0 Å². The Morgan fingerprint density at radius 2 is 0.871 bits per heavy atom. The highest BCUT2D eigenvalue weighted by molar-refractivity contribution is 4.88. The second-order valence-corrected chi connectivity index (χ2v) is 10.6. The molecule has 3 saturated carbocycles. The first-order chi connectivity index (χ1) is 14.8. The van der Waals surface area contributed by atoms with Crippen LogP contribution in [-0.2, 0) is 0 Å². The highest BCUT2D eigenvalue weighted by Crippen LogP contribution is 2.34. The van der Waals surface area contributed by atoms with Crippen molar-refractivity contribution in [2.24, 2.45) is 0 Å². The molecule has 3 aliphatic rings. The quantitative estimate of drug-likeness (QED) is 0.453. The van der Waals surface area contributed by atoms with E-state index in [9.17, 15) is 15.3 Å². The number of likely N-dealkylation sites (N-methyl/N-ethyl adjacent to an activating group) is 2. The Labute approximate surface area is 190 Å². The molecule has 0 unspecified atom stereocenters. The van der Waals surface area contributed by atoms with E-state index in [-0.39, 0.29) is 0 Å². The molecule has 0 spiro atoms. The SMILES string of the molecule is CCN(CCN(CCN(C)C1(O)CCCCC1)C1(O)CCCCC1)C1(O)CCCCC1. The molecule has 0 heterocycles. The van der Waals surface area contributed by atoms with Crippen molar-refractivity contribution < 1.29 is 15.3 Å². The third kappa shape index (κ3) is 6.42. The molecule has 31 heavy (non-hydrogen) atoms. The van der Waals surface area contributed by atoms with Gasteiger partial charge in [0.05, 0.1) is 0 Å². The van der Waals surface area contributed by atoms with Gasteiger partial charge in [-0.05, 0) is 90.6 Å². The normalized spacial score (nSPS) is 25.9. The van der Waals surface area contributed by atoms with Crippen molar-refractivity contribution in [3.8, 4) is 0 Å². The van der Waals surface area contributed by atoms with Gasteiger partial charge in [-0.1, -0.05) is 26.2 Å². The van der Waals surface area contributed by atoms with Gasteiger partial charge in [-0.15, -0.1) is 0 Å². The summed E-state index contributed by atoms with van der Waals surface area (Å²) >= 11 is 0. The van der Waals surface area contributed by atoms with E-state index in [0.29, 0.717) is 0 Å². The van der Waals surface area contributed by atoms with Crippen LogP contribution in [0.4, 0.5) is 0 Å². The first-order valence-corrected chi connectivity index (χ1v) is 13.2. The fraction of sp³-hybridized carbons (Fsp3) is 1.00. The first-order valence-electron chi connectivity index (χ1n) is 13.2. The zero-order chi connectivity index (χ0) is 22.4. The molecular weight excluding hydrogens is 390 g/mol. The monoisotopic (exact) mass is 439 g/mol. The molecule has 3 aliphatic carbocycles. The summed E-state index contributed by atoms with van der Waals surface area (Å²) in [6.07, 6.45) is 15.3. The van der Waals surface area contributed by atoms with Crippen LogP contribution in [0.1, 0.15) is 103 Å². The van der Waals surface area contributed by atoms with E-state index in [2.05, 4.69) is 21.6 Å². The summed E-state index contributed by atoms with van der Waals surface area (Å²) in [5.74, 6) is 0. The Hall–Kier alpha value is -0.240. The summed E-state index contributed by atoms with van der Waals surface area (Å²) in [5, 5.41) is 33.9. The largest absolute Gasteiger partial charge is 0.376 e. The summed E-state index contributed by atoms with van der Waals surface area (Å²) in [6, 6.07) is 0. The fourth-order valence-corrected chi connectivity index (χ4v) is 6.28. The van der Waals surface area contributed by atoms with Gasteiger partial charge in [0.2, 0.25) is 0 Å². The molecule has 0 bridgehead atoms. The van der Waals surface area contributed by atoms with E-state index in [1.807, 2.05) is 7.05 Å². The van der Waals surface area contributed by atoms with Gasteiger partial charge in [-0.25, -0.2) is 0 Å². The molecule has 0 radical (unpaired) electrons. The third-order valence-corrected chi connectivity index (χ3v) is 8.58.